The number of thiocarbonyl (C=S) groups is 1. The first-order valence-electron chi connectivity index (χ1n) is 7.20. The van der Waals surface area contributed by atoms with Gasteiger partial charge in [-0.3, -0.25) is 14.6 Å². The van der Waals surface area contributed by atoms with E-state index in [2.05, 4.69) is 30.6 Å². The summed E-state index contributed by atoms with van der Waals surface area (Å²) in [6.07, 6.45) is 0.593. The smallest absolute Gasteiger partial charge is 0.236 e. The molecule has 0 radical (unpaired) electrons. The molecule has 0 spiro atoms. The summed E-state index contributed by atoms with van der Waals surface area (Å²) in [5.74, 6) is 0.144. The number of likely N-dealkylation sites (N-methyl/N-ethyl adjacent to an activating group) is 1. The van der Waals surface area contributed by atoms with E-state index in [-0.39, 0.29) is 11.4 Å². The van der Waals surface area contributed by atoms with Crippen molar-refractivity contribution in [3.63, 3.8) is 0 Å². The van der Waals surface area contributed by atoms with Crippen molar-refractivity contribution in [3.8, 4) is 0 Å². The van der Waals surface area contributed by atoms with Gasteiger partial charge in [-0.05, 0) is 20.8 Å². The first kappa shape index (κ1) is 17.3. The van der Waals surface area contributed by atoms with Crippen LogP contribution in [0.1, 0.15) is 27.2 Å². The first-order chi connectivity index (χ1) is 9.20. The van der Waals surface area contributed by atoms with Gasteiger partial charge in [-0.15, -0.1) is 0 Å². The van der Waals surface area contributed by atoms with Crippen LogP contribution in [0.4, 0.5) is 0 Å². The van der Waals surface area contributed by atoms with Crippen LogP contribution in [0.15, 0.2) is 0 Å². The Morgan fingerprint density at radius 1 is 1.25 bits per heavy atom. The van der Waals surface area contributed by atoms with E-state index in [0.29, 0.717) is 24.5 Å². The third kappa shape index (κ3) is 5.73. The molecule has 0 aromatic rings. The molecule has 0 aromatic carbocycles. The number of nitrogens with zero attached hydrogens (tertiary/aromatic N) is 3. The van der Waals surface area contributed by atoms with Crippen LogP contribution < -0.4 is 5.73 Å². The van der Waals surface area contributed by atoms with Crippen molar-refractivity contribution < 1.29 is 4.79 Å². The van der Waals surface area contributed by atoms with Crippen LogP contribution in [0.5, 0.6) is 0 Å². The van der Waals surface area contributed by atoms with Crippen molar-refractivity contribution in [2.75, 3.05) is 46.3 Å². The van der Waals surface area contributed by atoms with Gasteiger partial charge in [0, 0.05) is 51.7 Å². The van der Waals surface area contributed by atoms with Gasteiger partial charge in [0.15, 0.2) is 0 Å². The number of rotatable bonds is 5. The fourth-order valence-corrected chi connectivity index (χ4v) is 2.38. The third-order valence-corrected chi connectivity index (χ3v) is 4.00. The molecule has 2 N–H and O–H groups in total. The number of amides is 1. The van der Waals surface area contributed by atoms with Gasteiger partial charge in [-0.1, -0.05) is 12.2 Å². The molecular weight excluding hydrogens is 272 g/mol. The van der Waals surface area contributed by atoms with E-state index in [1.807, 2.05) is 7.05 Å². The van der Waals surface area contributed by atoms with Crippen LogP contribution in [0.25, 0.3) is 0 Å². The number of carbonyl (C=O) groups is 1. The SMILES string of the molecule is CN(CCC(N)=S)C(=O)CN1CCN(C(C)(C)C)CC1. The van der Waals surface area contributed by atoms with Crippen LogP contribution in [0.2, 0.25) is 0 Å². The lowest BCUT2D eigenvalue weighted by atomic mass is 10.1. The Kier molecular flexibility index (Phi) is 6.36. The molecule has 1 fully saturated rings. The van der Waals surface area contributed by atoms with E-state index < -0.39 is 0 Å². The number of hydrogen-bond donors (Lipinski definition) is 1. The fourth-order valence-electron chi connectivity index (χ4n) is 2.29. The molecule has 0 aliphatic carbocycles. The zero-order valence-corrected chi connectivity index (χ0v) is 14.0. The topological polar surface area (TPSA) is 52.8 Å². The summed E-state index contributed by atoms with van der Waals surface area (Å²) in [7, 11) is 1.81. The molecule has 6 heteroatoms. The summed E-state index contributed by atoms with van der Waals surface area (Å²) >= 11 is 4.83. The summed E-state index contributed by atoms with van der Waals surface area (Å²) in [6.45, 7) is 11.7. The Morgan fingerprint density at radius 3 is 2.25 bits per heavy atom. The third-order valence-electron chi connectivity index (χ3n) is 3.80. The van der Waals surface area contributed by atoms with Crippen molar-refractivity contribution in [3.05, 3.63) is 0 Å². The van der Waals surface area contributed by atoms with Crippen LogP contribution >= 0.6 is 12.2 Å². The quantitative estimate of drug-likeness (QED) is 0.751. The minimum absolute atomic E-state index is 0.144. The molecule has 0 bridgehead atoms. The zero-order chi connectivity index (χ0) is 15.3. The van der Waals surface area contributed by atoms with E-state index in [0.717, 1.165) is 26.2 Å². The van der Waals surface area contributed by atoms with Gasteiger partial charge in [-0.25, -0.2) is 0 Å². The first-order valence-corrected chi connectivity index (χ1v) is 7.60. The van der Waals surface area contributed by atoms with E-state index in [1.165, 1.54) is 0 Å². The molecule has 1 saturated heterocycles. The Balaban J connectivity index is 2.32. The summed E-state index contributed by atoms with van der Waals surface area (Å²) in [4.78, 5) is 19.0. The lowest BCUT2D eigenvalue weighted by molar-refractivity contribution is -0.131. The highest BCUT2D eigenvalue weighted by Gasteiger charge is 2.26. The predicted molar refractivity (Wildman–Crippen MR) is 86.8 cm³/mol. The zero-order valence-electron chi connectivity index (χ0n) is 13.2. The van der Waals surface area contributed by atoms with Gasteiger partial charge in [0.05, 0.1) is 11.5 Å². The molecule has 116 valence electrons. The van der Waals surface area contributed by atoms with Crippen LogP contribution in [0.3, 0.4) is 0 Å². The summed E-state index contributed by atoms with van der Waals surface area (Å²) in [6, 6.07) is 0. The number of piperazine rings is 1. The average molecular weight is 300 g/mol. The minimum atomic E-state index is 0.144. The monoisotopic (exact) mass is 300 g/mol. The summed E-state index contributed by atoms with van der Waals surface area (Å²) in [5, 5.41) is 0. The second-order valence-electron chi connectivity index (χ2n) is 6.47. The van der Waals surface area contributed by atoms with Crippen molar-refractivity contribution in [2.45, 2.75) is 32.7 Å². The molecule has 0 atom stereocenters. The van der Waals surface area contributed by atoms with E-state index in [9.17, 15) is 4.79 Å². The molecule has 0 aromatic heterocycles. The fraction of sp³-hybridized carbons (Fsp3) is 0.857. The number of nitrogens with two attached hydrogens (primary N) is 1. The molecule has 0 saturated carbocycles. The molecule has 1 rings (SSSR count). The maximum Gasteiger partial charge on any atom is 0.236 e. The van der Waals surface area contributed by atoms with Gasteiger partial charge in [-0.2, -0.15) is 0 Å². The number of carbonyl (C=O) groups excluding carboxylic acids is 1. The molecule has 20 heavy (non-hydrogen) atoms. The molecule has 5 nitrogen and oxygen atoms in total. The lowest BCUT2D eigenvalue weighted by Gasteiger charge is -2.42. The molecule has 1 aliphatic heterocycles. The van der Waals surface area contributed by atoms with Gasteiger partial charge < -0.3 is 10.6 Å². The molecule has 1 heterocycles. The van der Waals surface area contributed by atoms with Gasteiger partial charge in [0.1, 0.15) is 0 Å². The van der Waals surface area contributed by atoms with Crippen molar-refractivity contribution >= 4 is 23.1 Å². The Hall–Kier alpha value is -0.720. The van der Waals surface area contributed by atoms with E-state index >= 15 is 0 Å². The van der Waals surface area contributed by atoms with Crippen LogP contribution in [-0.2, 0) is 4.79 Å². The summed E-state index contributed by atoms with van der Waals surface area (Å²) < 4.78 is 0. The molecule has 1 aliphatic rings. The van der Waals surface area contributed by atoms with Crippen LogP contribution in [-0.4, -0.2) is 77.5 Å². The molecule has 1 amide bonds. The Labute approximate surface area is 128 Å². The Morgan fingerprint density at radius 2 is 1.80 bits per heavy atom. The summed E-state index contributed by atoms with van der Waals surface area (Å²) in [5.41, 5.74) is 5.67. The molecule has 0 unspecified atom stereocenters. The normalized spacial score (nSPS) is 18.0. The Bertz CT molecular complexity index is 346. The highest BCUT2D eigenvalue weighted by molar-refractivity contribution is 7.80. The van der Waals surface area contributed by atoms with E-state index in [1.54, 1.807) is 4.90 Å². The highest BCUT2D eigenvalue weighted by Crippen LogP contribution is 2.15. The predicted octanol–water partition coefficient (Wildman–Crippen LogP) is 0.537. The second kappa shape index (κ2) is 7.33. The van der Waals surface area contributed by atoms with Gasteiger partial charge >= 0.3 is 0 Å². The van der Waals surface area contributed by atoms with Crippen molar-refractivity contribution in [1.29, 1.82) is 0 Å². The second-order valence-corrected chi connectivity index (χ2v) is 6.99. The van der Waals surface area contributed by atoms with Crippen molar-refractivity contribution in [1.82, 2.24) is 14.7 Å². The standard InChI is InChI=1S/C14H28N4OS/c1-14(2,3)18-9-7-17(8-10-18)11-13(19)16(4)6-5-12(15)20/h5-11H2,1-4H3,(H2,15,20). The van der Waals surface area contributed by atoms with Crippen molar-refractivity contribution in [2.24, 2.45) is 5.73 Å². The minimum Gasteiger partial charge on any atom is -0.393 e. The van der Waals surface area contributed by atoms with Gasteiger partial charge in [0.25, 0.3) is 0 Å². The van der Waals surface area contributed by atoms with Gasteiger partial charge in [0.2, 0.25) is 5.91 Å². The lowest BCUT2D eigenvalue weighted by Crippen LogP contribution is -2.54. The molecular formula is C14H28N4OS. The largest absolute Gasteiger partial charge is 0.393 e. The maximum absolute atomic E-state index is 12.1. The van der Waals surface area contributed by atoms with E-state index in [4.69, 9.17) is 18.0 Å². The van der Waals surface area contributed by atoms with Crippen LogP contribution in [0, 0.1) is 0 Å². The number of hydrogen-bond acceptors (Lipinski definition) is 4. The highest BCUT2D eigenvalue weighted by atomic mass is 32.1. The maximum atomic E-state index is 12.1. The average Bonchev–Trinajstić information content (AvgIpc) is 2.35.